The van der Waals surface area contributed by atoms with Gasteiger partial charge in [0, 0.05) is 43.7 Å². The van der Waals surface area contributed by atoms with E-state index in [1.54, 1.807) is 60.4 Å². The number of aliphatic hydroxyl groups excluding tert-OH is 1. The molecule has 11 nitrogen and oxygen atoms in total. The molecule has 0 saturated carbocycles. The Morgan fingerprint density at radius 3 is 2.47 bits per heavy atom. The molecule has 0 aromatic heterocycles. The van der Waals surface area contributed by atoms with Crippen LogP contribution in [0.1, 0.15) is 50.4 Å². The zero-order valence-corrected chi connectivity index (χ0v) is 30.4. The maximum atomic E-state index is 14.5. The van der Waals surface area contributed by atoms with E-state index < -0.39 is 34.1 Å². The Hall–Kier alpha value is -4.49. The van der Waals surface area contributed by atoms with Crippen LogP contribution in [0.25, 0.3) is 10.8 Å². The highest BCUT2D eigenvalue weighted by atomic mass is 32.2. The Morgan fingerprint density at radius 1 is 0.980 bits per heavy atom. The van der Waals surface area contributed by atoms with Crippen LogP contribution >= 0.6 is 0 Å². The molecule has 5 rings (SSSR count). The van der Waals surface area contributed by atoms with E-state index in [0.29, 0.717) is 30.2 Å². The minimum atomic E-state index is -3.78. The molecule has 4 atom stereocenters. The standard InChI is InChI=1S/C39H48N4O7S/c1-27-24-43(28(2)26-44)38(45)34-23-31(40-39(46)41-35-19-12-15-30-14-8-9-18-33(30)35)20-21-36(34)50-29(3)13-10-11-22-49-37(27)25-42(4)51(47,48)32-16-6-5-7-17-32/h5-9,12,14-21,23,27-29,37,44H,10-11,13,22,24-26H2,1-4H3,(H2,40,41,46)/t27-,28+,29-,37+/m1/s1. The maximum absolute atomic E-state index is 14.5. The van der Waals surface area contributed by atoms with Crippen LogP contribution in [0.5, 0.6) is 5.75 Å². The van der Waals surface area contributed by atoms with Crippen LogP contribution in [0.2, 0.25) is 0 Å². The van der Waals surface area contributed by atoms with Crippen molar-refractivity contribution >= 4 is 44.1 Å². The maximum Gasteiger partial charge on any atom is 0.323 e. The van der Waals surface area contributed by atoms with E-state index in [0.717, 1.165) is 23.6 Å². The fourth-order valence-electron chi connectivity index (χ4n) is 6.21. The number of benzene rings is 4. The molecule has 4 aromatic carbocycles. The normalized spacial score (nSPS) is 19.8. The van der Waals surface area contributed by atoms with Gasteiger partial charge >= 0.3 is 6.03 Å². The minimum absolute atomic E-state index is 0.0733. The SMILES string of the molecule is C[C@@H]1CCCCO[C@@H](CN(C)S(=O)(=O)c2ccccc2)[C@H](C)CN([C@@H](C)CO)C(=O)c2cc(NC(=O)Nc3cccc4ccccc34)ccc2O1. The van der Waals surface area contributed by atoms with Crippen molar-refractivity contribution < 1.29 is 32.6 Å². The number of likely N-dealkylation sites (N-methyl/N-ethyl adjacent to an activating group) is 1. The third kappa shape index (κ3) is 9.44. The average molecular weight is 717 g/mol. The van der Waals surface area contributed by atoms with Gasteiger partial charge < -0.3 is 30.1 Å². The van der Waals surface area contributed by atoms with Gasteiger partial charge in [-0.05, 0) is 74.9 Å². The van der Waals surface area contributed by atoms with Crippen LogP contribution in [0.4, 0.5) is 16.2 Å². The molecule has 0 saturated heterocycles. The smallest absolute Gasteiger partial charge is 0.323 e. The van der Waals surface area contributed by atoms with Gasteiger partial charge in [0.1, 0.15) is 5.75 Å². The van der Waals surface area contributed by atoms with E-state index in [2.05, 4.69) is 10.6 Å². The zero-order valence-electron chi connectivity index (χ0n) is 29.6. The highest BCUT2D eigenvalue weighted by Gasteiger charge is 2.32. The molecule has 272 valence electrons. The van der Waals surface area contributed by atoms with Crippen molar-refractivity contribution in [1.29, 1.82) is 0 Å². The highest BCUT2D eigenvalue weighted by Crippen LogP contribution is 2.29. The lowest BCUT2D eigenvalue weighted by Crippen LogP contribution is -2.48. The van der Waals surface area contributed by atoms with Gasteiger partial charge in [-0.1, -0.05) is 61.5 Å². The molecular weight excluding hydrogens is 669 g/mol. The number of carbonyl (C=O) groups excluding carboxylic acids is 2. The van der Waals surface area contributed by atoms with Crippen LogP contribution in [0.15, 0.2) is 95.9 Å². The molecule has 0 fully saturated rings. The van der Waals surface area contributed by atoms with E-state index in [1.165, 1.54) is 11.4 Å². The Kier molecular flexibility index (Phi) is 12.7. The third-order valence-electron chi connectivity index (χ3n) is 9.24. The molecule has 3 amide bonds. The molecule has 51 heavy (non-hydrogen) atoms. The number of fused-ring (bicyclic) bond motifs is 2. The van der Waals surface area contributed by atoms with E-state index in [-0.39, 0.29) is 42.2 Å². The van der Waals surface area contributed by atoms with Crippen molar-refractivity contribution in [3.63, 3.8) is 0 Å². The Balaban J connectivity index is 1.42. The summed E-state index contributed by atoms with van der Waals surface area (Å²) in [4.78, 5) is 29.4. The van der Waals surface area contributed by atoms with E-state index in [9.17, 15) is 23.1 Å². The number of nitrogens with zero attached hydrogens (tertiary/aromatic N) is 2. The first kappa shape index (κ1) is 37.8. The number of hydrogen-bond donors (Lipinski definition) is 3. The molecule has 0 unspecified atom stereocenters. The molecule has 3 N–H and O–H groups in total. The number of aliphatic hydroxyl groups is 1. The van der Waals surface area contributed by atoms with Gasteiger partial charge in [-0.15, -0.1) is 0 Å². The quantitative estimate of drug-likeness (QED) is 0.187. The van der Waals surface area contributed by atoms with Gasteiger partial charge in [0.25, 0.3) is 5.91 Å². The van der Waals surface area contributed by atoms with Crippen LogP contribution in [0, 0.1) is 5.92 Å². The summed E-state index contributed by atoms with van der Waals surface area (Å²) in [5.74, 6) is -0.353. The van der Waals surface area contributed by atoms with Gasteiger partial charge in [0.2, 0.25) is 10.0 Å². The molecule has 1 aliphatic heterocycles. The van der Waals surface area contributed by atoms with Crippen molar-refractivity contribution in [3.8, 4) is 5.75 Å². The topological polar surface area (TPSA) is 138 Å². The lowest BCUT2D eigenvalue weighted by atomic mass is 10.0. The summed E-state index contributed by atoms with van der Waals surface area (Å²) >= 11 is 0. The van der Waals surface area contributed by atoms with Gasteiger partial charge in [-0.3, -0.25) is 4.79 Å². The predicted octanol–water partition coefficient (Wildman–Crippen LogP) is 6.60. The number of sulfonamides is 1. The fourth-order valence-corrected chi connectivity index (χ4v) is 7.41. The summed E-state index contributed by atoms with van der Waals surface area (Å²) in [6.45, 7) is 5.95. The fraction of sp³-hybridized carbons (Fsp3) is 0.385. The number of urea groups is 1. The van der Waals surface area contributed by atoms with E-state index in [4.69, 9.17) is 9.47 Å². The van der Waals surface area contributed by atoms with Crippen molar-refractivity contribution in [1.82, 2.24) is 9.21 Å². The second-order valence-corrected chi connectivity index (χ2v) is 15.3. The molecule has 0 aliphatic carbocycles. The minimum Gasteiger partial charge on any atom is -0.490 e. The number of ether oxygens (including phenoxy) is 2. The van der Waals surface area contributed by atoms with Crippen LogP contribution in [-0.2, 0) is 14.8 Å². The summed E-state index contributed by atoms with van der Waals surface area (Å²) < 4.78 is 40.8. The summed E-state index contributed by atoms with van der Waals surface area (Å²) in [6, 6.07) is 25.6. The first-order chi connectivity index (χ1) is 24.5. The Morgan fingerprint density at radius 2 is 1.71 bits per heavy atom. The van der Waals surface area contributed by atoms with E-state index >= 15 is 0 Å². The summed E-state index contributed by atoms with van der Waals surface area (Å²) in [7, 11) is -2.25. The molecule has 12 heteroatoms. The molecule has 0 spiro atoms. The van der Waals surface area contributed by atoms with Crippen LogP contribution in [-0.4, -0.2) is 86.3 Å². The number of rotatable bonds is 8. The summed E-state index contributed by atoms with van der Waals surface area (Å²) in [5.41, 5.74) is 1.26. The molecule has 4 aromatic rings. The monoisotopic (exact) mass is 716 g/mol. The molecule has 0 radical (unpaired) electrons. The van der Waals surface area contributed by atoms with Crippen LogP contribution < -0.4 is 15.4 Å². The van der Waals surface area contributed by atoms with E-state index in [1.807, 2.05) is 56.3 Å². The van der Waals surface area contributed by atoms with Gasteiger partial charge in [0.15, 0.2) is 0 Å². The second-order valence-electron chi connectivity index (χ2n) is 13.2. The van der Waals surface area contributed by atoms with Gasteiger partial charge in [-0.2, -0.15) is 4.31 Å². The Bertz CT molecular complexity index is 1900. The lowest BCUT2D eigenvalue weighted by Gasteiger charge is -2.35. The number of carbonyl (C=O) groups is 2. The van der Waals surface area contributed by atoms with Crippen molar-refractivity contribution in [2.24, 2.45) is 5.92 Å². The molecule has 1 heterocycles. The lowest BCUT2D eigenvalue weighted by molar-refractivity contribution is -0.00833. The first-order valence-corrected chi connectivity index (χ1v) is 18.8. The second kappa shape index (κ2) is 17.1. The largest absolute Gasteiger partial charge is 0.490 e. The summed E-state index contributed by atoms with van der Waals surface area (Å²) in [6.07, 6.45) is 1.46. The number of amides is 3. The van der Waals surface area contributed by atoms with Crippen LogP contribution in [0.3, 0.4) is 0 Å². The van der Waals surface area contributed by atoms with Crippen molar-refractivity contribution in [2.75, 3.05) is 44.0 Å². The summed E-state index contributed by atoms with van der Waals surface area (Å²) in [5, 5.41) is 17.9. The number of nitrogens with one attached hydrogen (secondary N) is 2. The molecule has 1 aliphatic rings. The van der Waals surface area contributed by atoms with Gasteiger partial charge in [-0.25, -0.2) is 13.2 Å². The predicted molar refractivity (Wildman–Crippen MR) is 200 cm³/mol. The average Bonchev–Trinajstić information content (AvgIpc) is 3.13. The zero-order chi connectivity index (χ0) is 36.5. The number of anilines is 2. The van der Waals surface area contributed by atoms with Crippen molar-refractivity contribution in [2.45, 2.75) is 63.2 Å². The first-order valence-electron chi connectivity index (χ1n) is 17.4. The Labute approximate surface area is 300 Å². The number of hydrogen-bond acceptors (Lipinski definition) is 7. The third-order valence-corrected chi connectivity index (χ3v) is 11.1. The van der Waals surface area contributed by atoms with Gasteiger partial charge in [0.05, 0.1) is 41.0 Å². The van der Waals surface area contributed by atoms with Crippen molar-refractivity contribution in [3.05, 3.63) is 96.6 Å². The molecule has 0 bridgehead atoms. The highest BCUT2D eigenvalue weighted by molar-refractivity contribution is 7.89. The molecular formula is C39H48N4O7S.